The second-order valence-corrected chi connectivity index (χ2v) is 13.5. The van der Waals surface area contributed by atoms with Gasteiger partial charge in [-0.05, 0) is 49.3 Å². The zero-order valence-electron chi connectivity index (χ0n) is 23.7. The summed E-state index contributed by atoms with van der Waals surface area (Å²) in [6, 6.07) is 8.70. The lowest BCUT2D eigenvalue weighted by molar-refractivity contribution is -0.316. The van der Waals surface area contributed by atoms with Gasteiger partial charge in [-0.1, -0.05) is 32.0 Å². The lowest BCUT2D eigenvalue weighted by Gasteiger charge is -2.69. The van der Waals surface area contributed by atoms with Crippen molar-refractivity contribution in [2.75, 3.05) is 34.4 Å². The van der Waals surface area contributed by atoms with Crippen LogP contribution in [-0.2, 0) is 18.9 Å². The van der Waals surface area contributed by atoms with Gasteiger partial charge in [0.15, 0.2) is 0 Å². The maximum absolute atomic E-state index is 13.4. The number of carbonyl (C=O) groups is 1. The van der Waals surface area contributed by atoms with Crippen LogP contribution >= 0.6 is 0 Å². The lowest BCUT2D eigenvalue weighted by Crippen LogP contribution is -2.81. The SMILES string of the molecule is CCN1C[C@]2(C)CC[C@H](OC)[C@@]34[C@@H]5C[C@H]6[C@H](OC(=O)c7ccccc7)[C@@H]5[C@](O)(C[C@@H]6OC)[C@@](O)([C@@H](OC)[C@H]23)[C@@H]14. The Balaban J connectivity index is 1.45. The van der Waals surface area contributed by atoms with Gasteiger partial charge in [-0.3, -0.25) is 4.90 Å². The van der Waals surface area contributed by atoms with E-state index in [1.807, 2.05) is 18.2 Å². The topological polar surface area (TPSA) is 97.7 Å². The molecule has 1 aromatic carbocycles. The number of carbonyl (C=O) groups excluding carboxylic acids is 1. The molecule has 1 saturated heterocycles. The van der Waals surface area contributed by atoms with Crippen LogP contribution in [0.5, 0.6) is 0 Å². The average molecular weight is 542 g/mol. The summed E-state index contributed by atoms with van der Waals surface area (Å²) in [5.41, 5.74) is -3.20. The van der Waals surface area contributed by atoms with Crippen molar-refractivity contribution >= 4 is 5.97 Å². The van der Waals surface area contributed by atoms with Gasteiger partial charge in [0.05, 0.1) is 29.9 Å². The quantitative estimate of drug-likeness (QED) is 0.531. The molecule has 0 radical (unpaired) electrons. The smallest absolute Gasteiger partial charge is 0.338 e. The Morgan fingerprint density at radius 3 is 2.49 bits per heavy atom. The van der Waals surface area contributed by atoms with Gasteiger partial charge in [-0.15, -0.1) is 0 Å². The van der Waals surface area contributed by atoms with Crippen LogP contribution in [0.15, 0.2) is 30.3 Å². The number of rotatable bonds is 6. The van der Waals surface area contributed by atoms with Gasteiger partial charge in [0.1, 0.15) is 17.3 Å². The minimum absolute atomic E-state index is 0.0105. The first kappa shape index (κ1) is 26.4. The van der Waals surface area contributed by atoms with Crippen molar-refractivity contribution < 1.29 is 34.0 Å². The maximum Gasteiger partial charge on any atom is 0.338 e. The van der Waals surface area contributed by atoms with E-state index in [4.69, 9.17) is 18.9 Å². The number of likely N-dealkylation sites (N-methyl/N-ethyl adjacent to an activating group) is 1. The third kappa shape index (κ3) is 2.84. The Morgan fingerprint density at radius 1 is 1.10 bits per heavy atom. The zero-order chi connectivity index (χ0) is 27.5. The fraction of sp³-hybridized carbons (Fsp3) is 0.774. The monoisotopic (exact) mass is 541 g/mol. The Hall–Kier alpha value is -1.55. The Morgan fingerprint density at radius 2 is 1.85 bits per heavy atom. The number of aliphatic hydroxyl groups is 2. The molecule has 8 nitrogen and oxygen atoms in total. The van der Waals surface area contributed by atoms with E-state index in [1.54, 1.807) is 33.5 Å². The molecule has 7 bridgehead atoms. The number of fused-ring (bicyclic) bond motifs is 2. The molecule has 13 atom stereocenters. The molecule has 1 heterocycles. The van der Waals surface area contributed by atoms with E-state index >= 15 is 0 Å². The van der Waals surface area contributed by atoms with Gasteiger partial charge < -0.3 is 29.2 Å². The Bertz CT molecular complexity index is 1150. The lowest BCUT2D eigenvalue weighted by atomic mass is 9.43. The summed E-state index contributed by atoms with van der Waals surface area (Å²) >= 11 is 0. The Kier molecular flexibility index (Phi) is 5.74. The molecular formula is C31H43NO7. The van der Waals surface area contributed by atoms with Gasteiger partial charge in [0.25, 0.3) is 0 Å². The van der Waals surface area contributed by atoms with E-state index in [0.29, 0.717) is 5.56 Å². The highest BCUT2D eigenvalue weighted by atomic mass is 16.6. The molecule has 0 unspecified atom stereocenters. The summed E-state index contributed by atoms with van der Waals surface area (Å²) in [7, 11) is 5.13. The van der Waals surface area contributed by atoms with Crippen molar-refractivity contribution in [3.63, 3.8) is 0 Å². The molecule has 1 aliphatic heterocycles. The Labute approximate surface area is 230 Å². The summed E-state index contributed by atoms with van der Waals surface area (Å²) in [6.45, 7) is 6.11. The predicted octanol–water partition coefficient (Wildman–Crippen LogP) is 2.51. The highest BCUT2D eigenvalue weighted by Crippen LogP contribution is 2.80. The molecule has 6 aliphatic rings. The summed E-state index contributed by atoms with van der Waals surface area (Å²) in [5, 5.41) is 26.3. The molecule has 1 spiro atoms. The summed E-state index contributed by atoms with van der Waals surface area (Å²) in [6.07, 6.45) is 1.32. The van der Waals surface area contributed by atoms with Gasteiger partial charge in [-0.25, -0.2) is 4.79 Å². The first-order valence-corrected chi connectivity index (χ1v) is 14.7. The van der Waals surface area contributed by atoms with Crippen LogP contribution < -0.4 is 0 Å². The van der Waals surface area contributed by atoms with Crippen LogP contribution in [0, 0.1) is 34.5 Å². The molecule has 2 N–H and O–H groups in total. The number of hydrogen-bond acceptors (Lipinski definition) is 8. The van der Waals surface area contributed by atoms with Crippen LogP contribution in [0.3, 0.4) is 0 Å². The van der Waals surface area contributed by atoms with Gasteiger partial charge in [0.2, 0.25) is 0 Å². The van der Waals surface area contributed by atoms with Crippen molar-refractivity contribution in [1.29, 1.82) is 0 Å². The van der Waals surface area contributed by atoms with Crippen molar-refractivity contribution in [3.05, 3.63) is 35.9 Å². The first-order valence-electron chi connectivity index (χ1n) is 14.7. The van der Waals surface area contributed by atoms with Crippen molar-refractivity contribution in [2.24, 2.45) is 34.5 Å². The molecule has 8 heteroatoms. The average Bonchev–Trinajstić information content (AvgIpc) is 3.34. The van der Waals surface area contributed by atoms with E-state index in [1.165, 1.54) is 0 Å². The molecular weight excluding hydrogens is 498 g/mol. The molecule has 7 rings (SSSR count). The van der Waals surface area contributed by atoms with E-state index in [9.17, 15) is 15.0 Å². The number of piperidine rings is 1. The fourth-order valence-corrected chi connectivity index (χ4v) is 11.6. The highest BCUT2D eigenvalue weighted by molar-refractivity contribution is 5.89. The van der Waals surface area contributed by atoms with E-state index in [-0.39, 0.29) is 47.8 Å². The molecule has 0 aromatic heterocycles. The third-order valence-electron chi connectivity index (χ3n) is 12.5. The molecule has 5 aliphatic carbocycles. The molecule has 39 heavy (non-hydrogen) atoms. The van der Waals surface area contributed by atoms with Crippen molar-refractivity contribution in [1.82, 2.24) is 4.90 Å². The van der Waals surface area contributed by atoms with Crippen molar-refractivity contribution in [2.45, 2.75) is 81.2 Å². The second kappa shape index (κ2) is 8.49. The number of methoxy groups -OCH3 is 3. The summed E-state index contributed by atoms with van der Waals surface area (Å²) < 4.78 is 25.1. The number of nitrogens with zero attached hydrogens (tertiary/aromatic N) is 1. The minimum Gasteiger partial charge on any atom is -0.458 e. The van der Waals surface area contributed by atoms with Crippen molar-refractivity contribution in [3.8, 4) is 0 Å². The number of benzene rings is 1. The molecule has 214 valence electrons. The van der Waals surface area contributed by atoms with Crippen LogP contribution in [0.1, 0.15) is 49.9 Å². The minimum atomic E-state index is -1.58. The van der Waals surface area contributed by atoms with Gasteiger partial charge >= 0.3 is 5.97 Å². The number of likely N-dealkylation sites (tertiary alicyclic amines) is 1. The number of esters is 1. The van der Waals surface area contributed by atoms with Gasteiger partial charge in [-0.2, -0.15) is 0 Å². The first-order chi connectivity index (χ1) is 18.7. The van der Waals surface area contributed by atoms with Crippen LogP contribution in [0.4, 0.5) is 0 Å². The summed E-state index contributed by atoms with van der Waals surface area (Å²) in [4.78, 5) is 15.9. The van der Waals surface area contributed by atoms with Crippen LogP contribution in [0.25, 0.3) is 0 Å². The summed E-state index contributed by atoms with van der Waals surface area (Å²) in [5.74, 6) is -0.921. The largest absolute Gasteiger partial charge is 0.458 e. The number of hydrogen-bond donors (Lipinski definition) is 2. The van der Waals surface area contributed by atoms with Gasteiger partial charge in [0, 0.05) is 57.5 Å². The molecule has 5 saturated carbocycles. The fourth-order valence-electron chi connectivity index (χ4n) is 11.6. The maximum atomic E-state index is 13.4. The number of ether oxygens (including phenoxy) is 4. The predicted molar refractivity (Wildman–Crippen MR) is 142 cm³/mol. The van der Waals surface area contributed by atoms with Crippen LogP contribution in [0.2, 0.25) is 0 Å². The highest BCUT2D eigenvalue weighted by Gasteiger charge is 2.91. The molecule has 0 amide bonds. The molecule has 1 aromatic rings. The van der Waals surface area contributed by atoms with E-state index < -0.39 is 40.7 Å². The standard InChI is InChI=1S/C31H43NO7/c1-6-32-16-28(2)13-12-21(37-4)30-19-14-18-20(36-3)15-29(34,31(35,27(30)32)25(38-5)24(28)30)22(19)23(18)39-26(33)17-10-8-7-9-11-17/h7-11,18-25,27,34-35H,6,12-16H2,1-5H3/t18-,19-,20+,21+,22-,23+,24-,25+,27+,28+,29-,30+,31-/m1/s1. The van der Waals surface area contributed by atoms with E-state index in [0.717, 1.165) is 32.4 Å². The molecule has 6 fully saturated rings. The zero-order valence-corrected chi connectivity index (χ0v) is 23.7. The normalized spacial score (nSPS) is 53.1. The van der Waals surface area contributed by atoms with Crippen LogP contribution in [-0.4, -0.2) is 97.2 Å². The van der Waals surface area contributed by atoms with E-state index in [2.05, 4.69) is 18.7 Å². The second-order valence-electron chi connectivity index (χ2n) is 13.5. The third-order valence-corrected chi connectivity index (χ3v) is 12.5.